The maximum absolute atomic E-state index is 13.2. The highest BCUT2D eigenvalue weighted by molar-refractivity contribution is 5.97. The van der Waals surface area contributed by atoms with Crippen molar-refractivity contribution >= 4 is 11.7 Å². The lowest BCUT2D eigenvalue weighted by Crippen LogP contribution is -2.25. The molecular formula is C21H18FN5O3. The molecule has 0 unspecified atom stereocenters. The average molecular weight is 407 g/mol. The number of hydrogen-bond donors (Lipinski definition) is 2. The van der Waals surface area contributed by atoms with E-state index in [0.717, 1.165) is 0 Å². The van der Waals surface area contributed by atoms with Crippen LogP contribution in [0.4, 0.5) is 10.2 Å². The number of carbonyl (C=O) groups is 1. The van der Waals surface area contributed by atoms with Crippen molar-refractivity contribution in [1.82, 2.24) is 15.1 Å². The molecule has 1 aliphatic rings. The number of ether oxygens (including phenoxy) is 2. The van der Waals surface area contributed by atoms with E-state index >= 15 is 0 Å². The second-order valence-electron chi connectivity index (χ2n) is 6.61. The summed E-state index contributed by atoms with van der Waals surface area (Å²) >= 11 is 0. The molecule has 4 rings (SSSR count). The molecule has 2 heterocycles. The van der Waals surface area contributed by atoms with E-state index in [1.807, 2.05) is 0 Å². The van der Waals surface area contributed by atoms with Gasteiger partial charge in [0.05, 0.1) is 16.9 Å². The molecule has 9 heteroatoms. The van der Waals surface area contributed by atoms with E-state index in [4.69, 9.17) is 15.2 Å². The Bertz CT molecular complexity index is 1130. The molecule has 0 saturated heterocycles. The summed E-state index contributed by atoms with van der Waals surface area (Å²) in [5, 5.41) is 16.7. The smallest absolute Gasteiger partial charge is 0.255 e. The number of nitrogen functional groups attached to an aromatic ring is 1. The minimum absolute atomic E-state index is 0.0920. The largest absolute Gasteiger partial charge is 0.454 e. The minimum atomic E-state index is -0.373. The summed E-state index contributed by atoms with van der Waals surface area (Å²) in [5.74, 6) is 0.534. The molecule has 152 valence electrons. The minimum Gasteiger partial charge on any atom is -0.454 e. The molecule has 0 spiro atoms. The highest BCUT2D eigenvalue weighted by Gasteiger charge is 2.21. The number of para-hydroxylation sites is 1. The van der Waals surface area contributed by atoms with Crippen LogP contribution in [-0.4, -0.2) is 29.0 Å². The summed E-state index contributed by atoms with van der Waals surface area (Å²) in [5.41, 5.74) is 7.82. The number of nitriles is 1. The molecule has 3 aromatic rings. The van der Waals surface area contributed by atoms with E-state index < -0.39 is 0 Å². The molecule has 0 fully saturated rings. The number of nitrogens with zero attached hydrogens (tertiary/aromatic N) is 3. The van der Waals surface area contributed by atoms with Gasteiger partial charge in [-0.3, -0.25) is 4.79 Å². The number of halogens is 1. The van der Waals surface area contributed by atoms with Crippen molar-refractivity contribution in [3.63, 3.8) is 0 Å². The van der Waals surface area contributed by atoms with Crippen LogP contribution in [0.5, 0.6) is 11.5 Å². The molecule has 0 aliphatic carbocycles. The quantitative estimate of drug-likeness (QED) is 0.607. The van der Waals surface area contributed by atoms with Gasteiger partial charge in [-0.2, -0.15) is 10.4 Å². The van der Waals surface area contributed by atoms with Crippen molar-refractivity contribution < 1.29 is 18.7 Å². The zero-order chi connectivity index (χ0) is 21.1. The number of benzene rings is 2. The van der Waals surface area contributed by atoms with Crippen molar-refractivity contribution in [3.05, 3.63) is 65.1 Å². The number of rotatable bonds is 6. The SMILES string of the molecule is N#Cc1c(CCCNC(=O)c2cccc3c2OCO3)nn(-c2ccc(F)cc2)c1N. The number of nitrogens with two attached hydrogens (primary N) is 1. The standard InChI is InChI=1S/C21H18FN5O3/c22-13-6-8-14(9-7-13)27-20(24)16(11-23)17(26-27)4-2-10-25-21(28)15-3-1-5-18-19(15)30-12-29-18/h1,3,5-9H,2,4,10,12,24H2,(H,25,28). The fourth-order valence-corrected chi connectivity index (χ4v) is 3.22. The van der Waals surface area contributed by atoms with Gasteiger partial charge in [-0.25, -0.2) is 9.07 Å². The summed E-state index contributed by atoms with van der Waals surface area (Å²) in [6.45, 7) is 0.465. The van der Waals surface area contributed by atoms with Crippen LogP contribution in [0, 0.1) is 17.1 Å². The molecule has 8 nitrogen and oxygen atoms in total. The van der Waals surface area contributed by atoms with Crippen LogP contribution >= 0.6 is 0 Å². The first kappa shape index (κ1) is 19.3. The van der Waals surface area contributed by atoms with Crippen molar-refractivity contribution in [2.45, 2.75) is 12.8 Å². The summed E-state index contributed by atoms with van der Waals surface area (Å²) in [6, 6.07) is 12.9. The van der Waals surface area contributed by atoms with Gasteiger partial charge in [-0.1, -0.05) is 6.07 Å². The van der Waals surface area contributed by atoms with Crippen LogP contribution in [0.1, 0.15) is 28.0 Å². The monoisotopic (exact) mass is 407 g/mol. The first-order valence-corrected chi connectivity index (χ1v) is 9.28. The maximum Gasteiger partial charge on any atom is 0.255 e. The molecule has 0 radical (unpaired) electrons. The van der Waals surface area contributed by atoms with Gasteiger partial charge in [-0.15, -0.1) is 0 Å². The third-order valence-electron chi connectivity index (χ3n) is 4.69. The highest BCUT2D eigenvalue weighted by atomic mass is 19.1. The Morgan fingerprint density at radius 1 is 1.27 bits per heavy atom. The molecular weight excluding hydrogens is 389 g/mol. The third-order valence-corrected chi connectivity index (χ3v) is 4.69. The Balaban J connectivity index is 1.40. The Morgan fingerprint density at radius 2 is 2.07 bits per heavy atom. The zero-order valence-electron chi connectivity index (χ0n) is 15.9. The number of aryl methyl sites for hydroxylation is 1. The second kappa shape index (κ2) is 8.13. The number of carbonyl (C=O) groups excluding carboxylic acids is 1. The average Bonchev–Trinajstić information content (AvgIpc) is 3.35. The number of nitrogens with one attached hydrogen (secondary N) is 1. The van der Waals surface area contributed by atoms with Crippen molar-refractivity contribution in [2.24, 2.45) is 0 Å². The van der Waals surface area contributed by atoms with Crippen molar-refractivity contribution in [1.29, 1.82) is 5.26 Å². The van der Waals surface area contributed by atoms with Gasteiger partial charge in [0.25, 0.3) is 5.91 Å². The van der Waals surface area contributed by atoms with Gasteiger partial charge in [0.15, 0.2) is 11.5 Å². The summed E-state index contributed by atoms with van der Waals surface area (Å²) in [7, 11) is 0. The second-order valence-corrected chi connectivity index (χ2v) is 6.61. The number of fused-ring (bicyclic) bond motifs is 1. The highest BCUT2D eigenvalue weighted by Crippen LogP contribution is 2.35. The van der Waals surface area contributed by atoms with Crippen LogP contribution in [-0.2, 0) is 6.42 Å². The summed E-state index contributed by atoms with van der Waals surface area (Å²) < 4.78 is 25.2. The third kappa shape index (κ3) is 3.63. The lowest BCUT2D eigenvalue weighted by Gasteiger charge is -2.07. The van der Waals surface area contributed by atoms with E-state index in [1.165, 1.54) is 28.9 Å². The van der Waals surface area contributed by atoms with Gasteiger partial charge < -0.3 is 20.5 Å². The predicted molar refractivity (Wildman–Crippen MR) is 106 cm³/mol. The van der Waals surface area contributed by atoms with Gasteiger partial charge in [-0.05, 0) is 49.2 Å². The molecule has 1 aromatic heterocycles. The summed E-state index contributed by atoms with van der Waals surface area (Å²) in [4.78, 5) is 12.4. The number of anilines is 1. The molecule has 0 bridgehead atoms. The Morgan fingerprint density at radius 3 is 2.83 bits per heavy atom. The van der Waals surface area contributed by atoms with Crippen LogP contribution in [0.25, 0.3) is 5.69 Å². The van der Waals surface area contributed by atoms with E-state index in [2.05, 4.69) is 16.5 Å². The fourth-order valence-electron chi connectivity index (χ4n) is 3.22. The molecule has 0 atom stereocenters. The number of hydrogen-bond acceptors (Lipinski definition) is 6. The van der Waals surface area contributed by atoms with E-state index in [1.54, 1.807) is 18.2 Å². The normalized spacial score (nSPS) is 11.9. The summed E-state index contributed by atoms with van der Waals surface area (Å²) in [6.07, 6.45) is 0.987. The van der Waals surface area contributed by atoms with Crippen molar-refractivity contribution in [2.75, 3.05) is 19.1 Å². The van der Waals surface area contributed by atoms with Crippen molar-refractivity contribution in [3.8, 4) is 23.3 Å². The maximum atomic E-state index is 13.2. The first-order chi connectivity index (χ1) is 14.6. The molecule has 1 aliphatic heterocycles. The molecule has 1 amide bonds. The first-order valence-electron chi connectivity index (χ1n) is 9.28. The predicted octanol–water partition coefficient (Wildman–Crippen LogP) is 2.56. The Labute approximate surface area is 171 Å². The molecule has 2 aromatic carbocycles. The van der Waals surface area contributed by atoms with Gasteiger partial charge in [0.2, 0.25) is 6.79 Å². The van der Waals surface area contributed by atoms with Crippen LogP contribution in [0.3, 0.4) is 0 Å². The zero-order valence-corrected chi connectivity index (χ0v) is 15.9. The van der Waals surface area contributed by atoms with Crippen LogP contribution in [0.2, 0.25) is 0 Å². The number of amides is 1. The van der Waals surface area contributed by atoms with E-state index in [9.17, 15) is 14.4 Å². The van der Waals surface area contributed by atoms with Gasteiger partial charge in [0, 0.05) is 6.54 Å². The molecule has 3 N–H and O–H groups in total. The Hall–Kier alpha value is -4.06. The fraction of sp³-hybridized carbons (Fsp3) is 0.190. The van der Waals surface area contributed by atoms with Gasteiger partial charge >= 0.3 is 0 Å². The topological polar surface area (TPSA) is 115 Å². The van der Waals surface area contributed by atoms with Gasteiger partial charge in [0.1, 0.15) is 23.3 Å². The van der Waals surface area contributed by atoms with Crippen LogP contribution < -0.4 is 20.5 Å². The van der Waals surface area contributed by atoms with Crippen LogP contribution in [0.15, 0.2) is 42.5 Å². The lowest BCUT2D eigenvalue weighted by atomic mass is 10.1. The number of aromatic nitrogens is 2. The lowest BCUT2D eigenvalue weighted by molar-refractivity contribution is 0.0948. The molecule has 30 heavy (non-hydrogen) atoms. The van der Waals surface area contributed by atoms with E-state index in [-0.39, 0.29) is 29.9 Å². The van der Waals surface area contributed by atoms with E-state index in [0.29, 0.717) is 47.8 Å². The molecule has 0 saturated carbocycles. The Kier molecular flexibility index (Phi) is 5.22.